The van der Waals surface area contributed by atoms with Gasteiger partial charge in [0.05, 0.1) is 0 Å². The molecule has 1 nitrogen and oxygen atoms in total. The number of aromatic nitrogens is 1. The van der Waals surface area contributed by atoms with E-state index in [4.69, 9.17) is 11.6 Å². The highest BCUT2D eigenvalue weighted by Crippen LogP contribution is 2.35. The van der Waals surface area contributed by atoms with E-state index in [0.717, 1.165) is 0 Å². The largest absolute Gasteiger partial charge is 0.265 e. The Balaban J connectivity index is 2.00. The average Bonchev–Trinajstić information content (AvgIpc) is 2.67. The number of hydrogen-bond acceptors (Lipinski definition) is 1. The fraction of sp³-hybridized carbons (Fsp3) is 0.667. The summed E-state index contributed by atoms with van der Waals surface area (Å²) in [7, 11) is 0. The van der Waals surface area contributed by atoms with E-state index in [2.05, 4.69) is 24.0 Å². The maximum Gasteiger partial charge on any atom is 0.0430 e. The first kappa shape index (κ1) is 12.9. The van der Waals surface area contributed by atoms with E-state index in [9.17, 15) is 0 Å². The molecule has 0 saturated heterocycles. The number of rotatable bonds is 3. The maximum absolute atomic E-state index is 6.70. The highest BCUT2D eigenvalue weighted by molar-refractivity contribution is 6.21. The van der Waals surface area contributed by atoms with Crippen LogP contribution in [0.5, 0.6) is 0 Å². The highest BCUT2D eigenvalue weighted by Gasteiger charge is 2.26. The molecule has 1 aromatic rings. The van der Waals surface area contributed by atoms with Gasteiger partial charge < -0.3 is 0 Å². The van der Waals surface area contributed by atoms with Gasteiger partial charge in [-0.15, -0.1) is 11.6 Å². The van der Waals surface area contributed by atoms with Crippen LogP contribution in [0, 0.1) is 5.92 Å². The monoisotopic (exact) mass is 251 g/mol. The zero-order valence-corrected chi connectivity index (χ0v) is 11.4. The standard InChI is InChI=1S/C15H22ClN/c1-12(13-8-10-17-11-9-13)15(16)14-6-4-2-3-5-7-14/h8-12,14-15H,2-7H2,1H3. The molecule has 1 saturated carbocycles. The van der Waals surface area contributed by atoms with Crippen LogP contribution in [0.2, 0.25) is 0 Å². The van der Waals surface area contributed by atoms with Gasteiger partial charge in [-0.25, -0.2) is 0 Å². The van der Waals surface area contributed by atoms with E-state index in [0.29, 0.717) is 11.8 Å². The molecule has 2 rings (SSSR count). The third-order valence-corrected chi connectivity index (χ3v) is 4.79. The molecule has 17 heavy (non-hydrogen) atoms. The first-order chi connectivity index (χ1) is 8.29. The van der Waals surface area contributed by atoms with Crippen LogP contribution in [0.25, 0.3) is 0 Å². The zero-order valence-electron chi connectivity index (χ0n) is 10.6. The third kappa shape index (κ3) is 3.45. The van der Waals surface area contributed by atoms with Crippen molar-refractivity contribution < 1.29 is 0 Å². The molecule has 94 valence electrons. The fourth-order valence-electron chi connectivity index (χ4n) is 2.89. The maximum atomic E-state index is 6.70. The van der Waals surface area contributed by atoms with Gasteiger partial charge in [-0.3, -0.25) is 4.98 Å². The first-order valence-electron chi connectivity index (χ1n) is 6.83. The summed E-state index contributed by atoms with van der Waals surface area (Å²) >= 11 is 6.70. The SMILES string of the molecule is CC(c1ccncc1)C(Cl)C1CCCCCC1. The van der Waals surface area contributed by atoms with Crippen molar-refractivity contribution in [2.24, 2.45) is 5.92 Å². The van der Waals surface area contributed by atoms with Crippen LogP contribution in [-0.2, 0) is 0 Å². The second-order valence-corrected chi connectivity index (χ2v) is 5.77. The second kappa shape index (κ2) is 6.39. The highest BCUT2D eigenvalue weighted by atomic mass is 35.5. The number of nitrogens with zero attached hydrogens (tertiary/aromatic N) is 1. The number of pyridine rings is 1. The van der Waals surface area contributed by atoms with E-state index in [1.807, 2.05) is 12.4 Å². The van der Waals surface area contributed by atoms with Gasteiger partial charge in [0.2, 0.25) is 0 Å². The molecule has 1 heterocycles. The summed E-state index contributed by atoms with van der Waals surface area (Å²) in [6, 6.07) is 4.19. The van der Waals surface area contributed by atoms with Crippen LogP contribution >= 0.6 is 11.6 Å². The van der Waals surface area contributed by atoms with Crippen molar-refractivity contribution in [3.63, 3.8) is 0 Å². The lowest BCUT2D eigenvalue weighted by atomic mass is 9.86. The Bertz CT molecular complexity index is 317. The van der Waals surface area contributed by atoms with Crippen molar-refractivity contribution in [2.45, 2.75) is 56.7 Å². The molecular formula is C15H22ClN. The predicted molar refractivity (Wildman–Crippen MR) is 73.5 cm³/mol. The minimum atomic E-state index is 0.274. The molecule has 0 amide bonds. The van der Waals surface area contributed by atoms with E-state index < -0.39 is 0 Å². The minimum Gasteiger partial charge on any atom is -0.265 e. The van der Waals surface area contributed by atoms with Gasteiger partial charge in [0.15, 0.2) is 0 Å². The molecule has 0 radical (unpaired) electrons. The van der Waals surface area contributed by atoms with E-state index in [1.54, 1.807) is 0 Å². The minimum absolute atomic E-state index is 0.274. The molecule has 0 spiro atoms. The molecule has 2 heteroatoms. The van der Waals surface area contributed by atoms with Crippen LogP contribution in [-0.4, -0.2) is 10.4 Å². The van der Waals surface area contributed by atoms with Gasteiger partial charge in [-0.05, 0) is 42.4 Å². The smallest absolute Gasteiger partial charge is 0.0430 e. The van der Waals surface area contributed by atoms with Crippen molar-refractivity contribution in [1.82, 2.24) is 4.98 Å². The molecule has 1 aliphatic rings. The van der Waals surface area contributed by atoms with Crippen LogP contribution in [0.4, 0.5) is 0 Å². The second-order valence-electron chi connectivity index (χ2n) is 5.27. The lowest BCUT2D eigenvalue weighted by Gasteiger charge is -2.26. The number of halogens is 1. The third-order valence-electron chi connectivity index (χ3n) is 4.06. The van der Waals surface area contributed by atoms with Crippen molar-refractivity contribution >= 4 is 11.6 Å². The predicted octanol–water partition coefficient (Wildman–Crippen LogP) is 4.76. The Morgan fingerprint density at radius 2 is 1.71 bits per heavy atom. The van der Waals surface area contributed by atoms with Crippen molar-refractivity contribution in [3.8, 4) is 0 Å². The van der Waals surface area contributed by atoms with Gasteiger partial charge in [-0.1, -0.05) is 32.6 Å². The van der Waals surface area contributed by atoms with Crippen LogP contribution in [0.1, 0.15) is 56.9 Å². The molecule has 1 aliphatic carbocycles. The Morgan fingerprint density at radius 1 is 1.12 bits per heavy atom. The van der Waals surface area contributed by atoms with E-state index in [-0.39, 0.29) is 5.38 Å². The summed E-state index contributed by atoms with van der Waals surface area (Å²) < 4.78 is 0. The van der Waals surface area contributed by atoms with Crippen molar-refractivity contribution in [2.75, 3.05) is 0 Å². The molecule has 1 aromatic heterocycles. The first-order valence-corrected chi connectivity index (χ1v) is 7.26. The molecule has 2 atom stereocenters. The zero-order chi connectivity index (χ0) is 12.1. The average molecular weight is 252 g/mol. The van der Waals surface area contributed by atoms with Gasteiger partial charge >= 0.3 is 0 Å². The number of hydrogen-bond donors (Lipinski definition) is 0. The lowest BCUT2D eigenvalue weighted by molar-refractivity contribution is 0.407. The Hall–Kier alpha value is -0.560. The Morgan fingerprint density at radius 3 is 2.29 bits per heavy atom. The van der Waals surface area contributed by atoms with Gasteiger partial charge in [0.1, 0.15) is 0 Å². The van der Waals surface area contributed by atoms with Gasteiger partial charge in [0.25, 0.3) is 0 Å². The molecule has 0 aromatic carbocycles. The Labute approximate surface area is 110 Å². The normalized spacial score (nSPS) is 21.8. The van der Waals surface area contributed by atoms with Gasteiger partial charge in [-0.2, -0.15) is 0 Å². The summed E-state index contributed by atoms with van der Waals surface area (Å²) in [6.07, 6.45) is 11.8. The van der Waals surface area contributed by atoms with E-state index in [1.165, 1.54) is 44.1 Å². The molecule has 2 unspecified atom stereocenters. The summed E-state index contributed by atoms with van der Waals surface area (Å²) in [5, 5.41) is 0.274. The summed E-state index contributed by atoms with van der Waals surface area (Å²) in [6.45, 7) is 2.25. The quantitative estimate of drug-likeness (QED) is 0.557. The summed E-state index contributed by atoms with van der Waals surface area (Å²) in [5.41, 5.74) is 1.32. The van der Waals surface area contributed by atoms with Crippen molar-refractivity contribution in [3.05, 3.63) is 30.1 Å². The van der Waals surface area contributed by atoms with Crippen LogP contribution in [0.15, 0.2) is 24.5 Å². The summed E-state index contributed by atoms with van der Waals surface area (Å²) in [5.74, 6) is 1.13. The van der Waals surface area contributed by atoms with Crippen LogP contribution in [0.3, 0.4) is 0 Å². The summed E-state index contributed by atoms with van der Waals surface area (Å²) in [4.78, 5) is 4.07. The molecule has 0 N–H and O–H groups in total. The lowest BCUT2D eigenvalue weighted by Crippen LogP contribution is -2.20. The Kier molecular flexibility index (Phi) is 4.85. The topological polar surface area (TPSA) is 12.9 Å². The van der Waals surface area contributed by atoms with Crippen molar-refractivity contribution in [1.29, 1.82) is 0 Å². The van der Waals surface area contributed by atoms with Crippen LogP contribution < -0.4 is 0 Å². The fourth-order valence-corrected chi connectivity index (χ4v) is 3.29. The molecule has 0 bridgehead atoms. The van der Waals surface area contributed by atoms with Gasteiger partial charge in [0, 0.05) is 17.8 Å². The van der Waals surface area contributed by atoms with E-state index >= 15 is 0 Å². The number of alkyl halides is 1. The molecule has 1 fully saturated rings. The molecule has 0 aliphatic heterocycles. The molecular weight excluding hydrogens is 230 g/mol.